The molecule has 0 amide bonds. The quantitative estimate of drug-likeness (QED) is 0.625. The highest BCUT2D eigenvalue weighted by molar-refractivity contribution is 6.36. The molecule has 0 spiro atoms. The second kappa shape index (κ2) is 3.39. The normalized spacial score (nSPS) is 30.8. The number of Topliss-reactive ketones (excluding diaryl/α,β-unsaturated/α-hetero) is 1. The molecule has 0 saturated heterocycles. The van der Waals surface area contributed by atoms with E-state index in [9.17, 15) is 4.79 Å². The average Bonchev–Trinajstić information content (AvgIpc) is 2.32. The number of aliphatic hydroxyl groups excluding tert-OH is 2. The molecule has 12 heavy (non-hydrogen) atoms. The zero-order valence-corrected chi connectivity index (χ0v) is 7.25. The number of aliphatic hydroxyl groups is 2. The molecule has 3 nitrogen and oxygen atoms in total. The number of hydrogen-bond acceptors (Lipinski definition) is 3. The molecule has 2 unspecified atom stereocenters. The van der Waals surface area contributed by atoms with Crippen LogP contribution in [-0.4, -0.2) is 28.2 Å². The number of halogens is 1. The minimum Gasteiger partial charge on any atom is -0.386 e. The summed E-state index contributed by atoms with van der Waals surface area (Å²) in [5.41, 5.74) is 0.194. The van der Waals surface area contributed by atoms with Gasteiger partial charge in [-0.15, -0.1) is 0 Å². The lowest BCUT2D eigenvalue weighted by Crippen LogP contribution is -2.26. The Morgan fingerprint density at radius 1 is 1.67 bits per heavy atom. The molecule has 0 bridgehead atoms. The lowest BCUT2D eigenvalue weighted by molar-refractivity contribution is -0.125. The van der Waals surface area contributed by atoms with Gasteiger partial charge < -0.3 is 10.2 Å². The van der Waals surface area contributed by atoms with Crippen LogP contribution in [0.1, 0.15) is 6.92 Å². The van der Waals surface area contributed by atoms with E-state index in [0.29, 0.717) is 0 Å². The molecule has 1 aliphatic carbocycles. The molecule has 0 heterocycles. The van der Waals surface area contributed by atoms with Gasteiger partial charge >= 0.3 is 0 Å². The summed E-state index contributed by atoms with van der Waals surface area (Å²) in [5.74, 6) is -0.523. The van der Waals surface area contributed by atoms with Crippen LogP contribution in [0.15, 0.2) is 22.8 Å². The molecule has 0 fully saturated rings. The number of carbonyl (C=O) groups is 1. The van der Waals surface area contributed by atoms with Crippen LogP contribution in [0.2, 0.25) is 0 Å². The molecule has 0 aromatic rings. The van der Waals surface area contributed by atoms with Gasteiger partial charge in [0, 0.05) is 10.6 Å². The summed E-state index contributed by atoms with van der Waals surface area (Å²) in [6.45, 7) is 1.67. The van der Waals surface area contributed by atoms with Crippen molar-refractivity contribution >= 4 is 17.4 Å². The van der Waals surface area contributed by atoms with Crippen molar-refractivity contribution < 1.29 is 15.0 Å². The van der Waals surface area contributed by atoms with Crippen LogP contribution in [0.25, 0.3) is 0 Å². The third-order valence-electron chi connectivity index (χ3n) is 1.71. The Bertz CT molecular complexity index is 267. The summed E-state index contributed by atoms with van der Waals surface area (Å²) in [4.78, 5) is 11.1. The number of carbonyl (C=O) groups excluding carboxylic acids is 1. The van der Waals surface area contributed by atoms with Gasteiger partial charge in [0.05, 0.1) is 0 Å². The third-order valence-corrected chi connectivity index (χ3v) is 2.13. The van der Waals surface area contributed by atoms with Crippen molar-refractivity contribution in [2.24, 2.45) is 0 Å². The first-order chi connectivity index (χ1) is 5.57. The average molecular weight is 189 g/mol. The zero-order chi connectivity index (χ0) is 9.30. The second-order valence-electron chi connectivity index (χ2n) is 2.52. The van der Waals surface area contributed by atoms with E-state index in [4.69, 9.17) is 21.8 Å². The number of rotatable bonds is 1. The number of allylic oxidation sites excluding steroid dienone is 2. The molecule has 0 aromatic carbocycles. The van der Waals surface area contributed by atoms with E-state index >= 15 is 0 Å². The minimum atomic E-state index is -1.35. The molecular weight excluding hydrogens is 180 g/mol. The Balaban J connectivity index is 2.95. The van der Waals surface area contributed by atoms with Crippen LogP contribution < -0.4 is 0 Å². The van der Waals surface area contributed by atoms with E-state index in [1.165, 1.54) is 12.2 Å². The molecule has 0 aromatic heterocycles. The van der Waals surface area contributed by atoms with Crippen LogP contribution in [0.4, 0.5) is 0 Å². The van der Waals surface area contributed by atoms with Crippen molar-refractivity contribution in [3.63, 3.8) is 0 Å². The minimum absolute atomic E-state index is 0.194. The maximum absolute atomic E-state index is 11.1. The number of hydrogen-bond donors (Lipinski definition) is 2. The highest BCUT2D eigenvalue weighted by atomic mass is 35.5. The predicted octanol–water partition coefficient (Wildman–Crippen LogP) is 0.360. The predicted molar refractivity (Wildman–Crippen MR) is 44.7 cm³/mol. The molecule has 2 atom stereocenters. The summed E-state index contributed by atoms with van der Waals surface area (Å²) in [6.07, 6.45) is 0.320. The zero-order valence-electron chi connectivity index (χ0n) is 6.49. The van der Waals surface area contributed by atoms with Crippen molar-refractivity contribution in [3.05, 3.63) is 22.8 Å². The highest BCUT2D eigenvalue weighted by Crippen LogP contribution is 2.24. The Labute approximate surface area is 75.0 Å². The van der Waals surface area contributed by atoms with Crippen molar-refractivity contribution in [1.82, 2.24) is 0 Å². The smallest absolute Gasteiger partial charge is 0.195 e. The molecule has 0 saturated carbocycles. The summed E-state index contributed by atoms with van der Waals surface area (Å²) in [7, 11) is 0. The monoisotopic (exact) mass is 188 g/mol. The summed E-state index contributed by atoms with van der Waals surface area (Å²) in [6, 6.07) is 0. The summed E-state index contributed by atoms with van der Waals surface area (Å²) >= 11 is 5.65. The SMILES string of the molecule is C/C=C(\Cl)C1=CC(O)C(O)C1=O. The van der Waals surface area contributed by atoms with Crippen molar-refractivity contribution in [1.29, 1.82) is 0 Å². The van der Waals surface area contributed by atoms with Gasteiger partial charge in [-0.25, -0.2) is 0 Å². The summed E-state index contributed by atoms with van der Waals surface area (Å²) in [5, 5.41) is 18.4. The van der Waals surface area contributed by atoms with Gasteiger partial charge in [-0.3, -0.25) is 4.79 Å². The van der Waals surface area contributed by atoms with Crippen LogP contribution in [0, 0.1) is 0 Å². The van der Waals surface area contributed by atoms with Gasteiger partial charge in [-0.05, 0) is 13.0 Å². The molecular formula is C8H9ClO3. The van der Waals surface area contributed by atoms with Gasteiger partial charge in [0.15, 0.2) is 5.78 Å². The summed E-state index contributed by atoms with van der Waals surface area (Å²) < 4.78 is 0. The Kier molecular flexibility index (Phi) is 2.67. The van der Waals surface area contributed by atoms with E-state index < -0.39 is 18.0 Å². The van der Waals surface area contributed by atoms with Gasteiger partial charge in [-0.1, -0.05) is 17.7 Å². The fraction of sp³-hybridized carbons (Fsp3) is 0.375. The first-order valence-electron chi connectivity index (χ1n) is 3.52. The fourth-order valence-corrected chi connectivity index (χ4v) is 1.17. The van der Waals surface area contributed by atoms with Gasteiger partial charge in [0.25, 0.3) is 0 Å². The molecule has 1 rings (SSSR count). The molecule has 0 aliphatic heterocycles. The van der Waals surface area contributed by atoms with Crippen molar-refractivity contribution in [2.45, 2.75) is 19.1 Å². The first kappa shape index (κ1) is 9.45. The van der Waals surface area contributed by atoms with Crippen molar-refractivity contribution in [3.8, 4) is 0 Å². The van der Waals surface area contributed by atoms with E-state index in [-0.39, 0.29) is 10.6 Å². The molecule has 0 radical (unpaired) electrons. The van der Waals surface area contributed by atoms with Crippen LogP contribution in [0.5, 0.6) is 0 Å². The maximum atomic E-state index is 11.1. The topological polar surface area (TPSA) is 57.5 Å². The van der Waals surface area contributed by atoms with Gasteiger partial charge in [-0.2, -0.15) is 0 Å². The molecule has 1 aliphatic rings. The molecule has 4 heteroatoms. The van der Waals surface area contributed by atoms with E-state index in [1.54, 1.807) is 6.92 Å². The van der Waals surface area contributed by atoms with Gasteiger partial charge in [0.2, 0.25) is 0 Å². The van der Waals surface area contributed by atoms with E-state index in [0.717, 1.165) is 0 Å². The number of ketones is 1. The van der Waals surface area contributed by atoms with Crippen LogP contribution >= 0.6 is 11.6 Å². The molecule has 66 valence electrons. The third kappa shape index (κ3) is 1.43. The van der Waals surface area contributed by atoms with E-state index in [2.05, 4.69) is 0 Å². The lowest BCUT2D eigenvalue weighted by Gasteiger charge is -2.03. The Morgan fingerprint density at radius 2 is 2.25 bits per heavy atom. The van der Waals surface area contributed by atoms with Crippen molar-refractivity contribution in [2.75, 3.05) is 0 Å². The Hall–Kier alpha value is -0.640. The standard InChI is InChI=1S/C8H9ClO3/c1-2-5(9)4-3-6(10)8(12)7(4)11/h2-3,6,8,10,12H,1H3/b5-2-. The van der Waals surface area contributed by atoms with E-state index in [1.807, 2.05) is 0 Å². The largest absolute Gasteiger partial charge is 0.386 e. The van der Waals surface area contributed by atoms with Crippen LogP contribution in [-0.2, 0) is 4.79 Å². The van der Waals surface area contributed by atoms with Crippen LogP contribution in [0.3, 0.4) is 0 Å². The Morgan fingerprint density at radius 3 is 2.58 bits per heavy atom. The molecule has 2 N–H and O–H groups in total. The first-order valence-corrected chi connectivity index (χ1v) is 3.90. The second-order valence-corrected chi connectivity index (χ2v) is 2.92. The highest BCUT2D eigenvalue weighted by Gasteiger charge is 2.33. The fourth-order valence-electron chi connectivity index (χ4n) is 1.01. The lowest BCUT2D eigenvalue weighted by atomic mass is 10.2. The maximum Gasteiger partial charge on any atom is 0.195 e. The van der Waals surface area contributed by atoms with Gasteiger partial charge in [0.1, 0.15) is 12.2 Å².